The maximum Gasteiger partial charge on any atom is 0.224 e. The van der Waals surface area contributed by atoms with E-state index < -0.39 is 0 Å². The molecule has 0 aliphatic rings. The predicted molar refractivity (Wildman–Crippen MR) is 90.3 cm³/mol. The van der Waals surface area contributed by atoms with Gasteiger partial charge in [0, 0.05) is 6.54 Å². The molecule has 0 fully saturated rings. The molecule has 0 aliphatic carbocycles. The van der Waals surface area contributed by atoms with Crippen LogP contribution in [0.4, 0.5) is 4.39 Å². The van der Waals surface area contributed by atoms with Gasteiger partial charge in [0.05, 0.1) is 10.9 Å². The number of benzene rings is 2. The minimum Gasteiger partial charge on any atom is -0.356 e. The molecule has 1 N–H and O–H groups in total. The van der Waals surface area contributed by atoms with Gasteiger partial charge in [-0.15, -0.1) is 0 Å². The zero-order valence-electron chi connectivity index (χ0n) is 12.5. The molecular weight excluding hydrogens is 345 g/mol. The van der Waals surface area contributed by atoms with Crippen LogP contribution >= 0.6 is 15.9 Å². The van der Waals surface area contributed by atoms with E-state index in [1.807, 2.05) is 18.2 Å². The van der Waals surface area contributed by atoms with Crippen molar-refractivity contribution >= 4 is 21.8 Å². The van der Waals surface area contributed by atoms with Crippen LogP contribution in [0.2, 0.25) is 0 Å². The molecule has 2 rings (SSSR count). The summed E-state index contributed by atoms with van der Waals surface area (Å²) in [5.41, 5.74) is 2.07. The van der Waals surface area contributed by atoms with E-state index in [1.165, 1.54) is 11.6 Å². The first kappa shape index (κ1) is 16.7. The third kappa shape index (κ3) is 4.95. The van der Waals surface area contributed by atoms with E-state index in [0.717, 1.165) is 12.0 Å². The third-order valence-corrected chi connectivity index (χ3v) is 4.22. The van der Waals surface area contributed by atoms with E-state index in [9.17, 15) is 9.18 Å². The summed E-state index contributed by atoms with van der Waals surface area (Å²) in [7, 11) is 0. The number of hydrogen-bond donors (Lipinski definition) is 1. The van der Waals surface area contributed by atoms with Gasteiger partial charge in [0.2, 0.25) is 5.91 Å². The highest BCUT2D eigenvalue weighted by Gasteiger charge is 2.08. The van der Waals surface area contributed by atoms with Crippen LogP contribution in [0.25, 0.3) is 0 Å². The van der Waals surface area contributed by atoms with Crippen LogP contribution in [0.5, 0.6) is 0 Å². The monoisotopic (exact) mass is 363 g/mol. The summed E-state index contributed by atoms with van der Waals surface area (Å²) in [6.07, 6.45) is 1.15. The van der Waals surface area contributed by atoms with E-state index in [4.69, 9.17) is 0 Å². The van der Waals surface area contributed by atoms with Crippen molar-refractivity contribution in [3.05, 3.63) is 69.9 Å². The minimum atomic E-state index is -0.319. The van der Waals surface area contributed by atoms with Crippen LogP contribution in [0.15, 0.2) is 53.0 Å². The van der Waals surface area contributed by atoms with Crippen LogP contribution in [0.3, 0.4) is 0 Å². The standard InChI is InChI=1S/C18H19BrFNO/c1-13(15-5-3-2-4-6-15)9-10-21-18(22)12-14-7-8-17(20)16(19)11-14/h2-8,11,13H,9-10,12H2,1H3,(H,21,22). The molecule has 0 aromatic heterocycles. The molecule has 2 aromatic rings. The van der Waals surface area contributed by atoms with E-state index in [0.29, 0.717) is 16.9 Å². The fourth-order valence-corrected chi connectivity index (χ4v) is 2.70. The molecule has 22 heavy (non-hydrogen) atoms. The summed E-state index contributed by atoms with van der Waals surface area (Å²) >= 11 is 3.13. The highest BCUT2D eigenvalue weighted by molar-refractivity contribution is 9.10. The van der Waals surface area contributed by atoms with Crippen LogP contribution in [-0.2, 0) is 11.2 Å². The normalized spacial score (nSPS) is 12.0. The predicted octanol–water partition coefficient (Wildman–Crippen LogP) is 4.44. The Labute approximate surface area is 138 Å². The van der Waals surface area contributed by atoms with Crippen molar-refractivity contribution in [2.45, 2.75) is 25.7 Å². The summed E-state index contributed by atoms with van der Waals surface area (Å²) < 4.78 is 13.5. The molecule has 1 amide bonds. The van der Waals surface area contributed by atoms with Crippen LogP contribution < -0.4 is 5.32 Å². The van der Waals surface area contributed by atoms with Crippen LogP contribution in [-0.4, -0.2) is 12.5 Å². The molecule has 0 aliphatic heterocycles. The molecule has 0 bridgehead atoms. The molecule has 0 saturated heterocycles. The lowest BCUT2D eigenvalue weighted by Crippen LogP contribution is -2.26. The van der Waals surface area contributed by atoms with Crippen molar-refractivity contribution in [2.24, 2.45) is 0 Å². The van der Waals surface area contributed by atoms with Gasteiger partial charge in [-0.2, -0.15) is 0 Å². The van der Waals surface area contributed by atoms with Gasteiger partial charge in [0.1, 0.15) is 5.82 Å². The van der Waals surface area contributed by atoms with Crippen molar-refractivity contribution < 1.29 is 9.18 Å². The third-order valence-electron chi connectivity index (χ3n) is 3.62. The first-order valence-electron chi connectivity index (χ1n) is 7.32. The van der Waals surface area contributed by atoms with Gasteiger partial charge in [-0.3, -0.25) is 4.79 Å². The number of halogens is 2. The van der Waals surface area contributed by atoms with Crippen molar-refractivity contribution in [2.75, 3.05) is 6.54 Å². The first-order chi connectivity index (χ1) is 10.6. The van der Waals surface area contributed by atoms with Gasteiger partial charge < -0.3 is 5.32 Å². The van der Waals surface area contributed by atoms with Crippen molar-refractivity contribution in [1.82, 2.24) is 5.32 Å². The van der Waals surface area contributed by atoms with Crippen molar-refractivity contribution in [1.29, 1.82) is 0 Å². The zero-order valence-corrected chi connectivity index (χ0v) is 14.1. The molecule has 2 nitrogen and oxygen atoms in total. The Morgan fingerprint density at radius 2 is 1.95 bits per heavy atom. The quantitative estimate of drug-likeness (QED) is 0.807. The molecule has 0 heterocycles. The van der Waals surface area contributed by atoms with E-state index >= 15 is 0 Å². The first-order valence-corrected chi connectivity index (χ1v) is 8.11. The highest BCUT2D eigenvalue weighted by atomic mass is 79.9. The molecule has 0 spiro atoms. The summed E-state index contributed by atoms with van der Waals surface area (Å²) in [5.74, 6) is 0.0427. The van der Waals surface area contributed by atoms with Crippen LogP contribution in [0, 0.1) is 5.82 Å². The summed E-state index contributed by atoms with van der Waals surface area (Å²) in [4.78, 5) is 11.9. The maximum absolute atomic E-state index is 13.1. The lowest BCUT2D eigenvalue weighted by atomic mass is 9.98. The number of carbonyl (C=O) groups excluding carboxylic acids is 1. The van der Waals surface area contributed by atoms with Crippen molar-refractivity contribution in [3.8, 4) is 0 Å². The number of hydrogen-bond acceptors (Lipinski definition) is 1. The highest BCUT2D eigenvalue weighted by Crippen LogP contribution is 2.18. The van der Waals surface area contributed by atoms with Gasteiger partial charge in [0.25, 0.3) is 0 Å². The average Bonchev–Trinajstić information content (AvgIpc) is 2.51. The van der Waals surface area contributed by atoms with Crippen LogP contribution in [0.1, 0.15) is 30.4 Å². The number of rotatable bonds is 6. The molecule has 1 atom stereocenters. The van der Waals surface area contributed by atoms with E-state index in [-0.39, 0.29) is 18.1 Å². The number of amides is 1. The fourth-order valence-electron chi connectivity index (χ4n) is 2.27. The smallest absolute Gasteiger partial charge is 0.224 e. The SMILES string of the molecule is CC(CCNC(=O)Cc1ccc(F)c(Br)c1)c1ccccc1. The Bertz CT molecular complexity index is 630. The Kier molecular flexibility index (Phi) is 6.13. The molecule has 4 heteroatoms. The molecule has 0 saturated carbocycles. The van der Waals surface area contributed by atoms with E-state index in [2.05, 4.69) is 40.3 Å². The lowest BCUT2D eigenvalue weighted by Gasteiger charge is -2.12. The number of carbonyl (C=O) groups is 1. The van der Waals surface area contributed by atoms with Gasteiger partial charge in [-0.25, -0.2) is 4.39 Å². The Morgan fingerprint density at radius 3 is 2.64 bits per heavy atom. The van der Waals surface area contributed by atoms with Crippen molar-refractivity contribution in [3.63, 3.8) is 0 Å². The van der Waals surface area contributed by atoms with E-state index in [1.54, 1.807) is 12.1 Å². The maximum atomic E-state index is 13.1. The topological polar surface area (TPSA) is 29.1 Å². The summed E-state index contributed by atoms with van der Waals surface area (Å²) in [6.45, 7) is 2.79. The second-order valence-corrected chi connectivity index (χ2v) is 6.23. The molecule has 0 radical (unpaired) electrons. The summed E-state index contributed by atoms with van der Waals surface area (Å²) in [6, 6.07) is 14.9. The number of nitrogens with one attached hydrogen (secondary N) is 1. The molecule has 116 valence electrons. The second kappa shape index (κ2) is 8.08. The fraction of sp³-hybridized carbons (Fsp3) is 0.278. The Hall–Kier alpha value is -1.68. The lowest BCUT2D eigenvalue weighted by molar-refractivity contribution is -0.120. The average molecular weight is 364 g/mol. The Morgan fingerprint density at radius 1 is 1.23 bits per heavy atom. The Balaban J connectivity index is 1.77. The second-order valence-electron chi connectivity index (χ2n) is 5.38. The van der Waals surface area contributed by atoms with Gasteiger partial charge >= 0.3 is 0 Å². The van der Waals surface area contributed by atoms with Gasteiger partial charge in [0.15, 0.2) is 0 Å². The largest absolute Gasteiger partial charge is 0.356 e. The summed E-state index contributed by atoms with van der Waals surface area (Å²) in [5, 5.41) is 2.92. The van der Waals surface area contributed by atoms with Gasteiger partial charge in [-0.05, 0) is 51.5 Å². The van der Waals surface area contributed by atoms with Gasteiger partial charge in [-0.1, -0.05) is 43.3 Å². The zero-order chi connectivity index (χ0) is 15.9. The molecule has 2 aromatic carbocycles. The minimum absolute atomic E-state index is 0.0428. The molecular formula is C18H19BrFNO. The molecule has 1 unspecified atom stereocenters.